The quantitative estimate of drug-likeness (QED) is 0.352. The van der Waals surface area contributed by atoms with Crippen LogP contribution in [0.2, 0.25) is 0 Å². The van der Waals surface area contributed by atoms with E-state index in [-0.39, 0.29) is 11.3 Å². The van der Waals surface area contributed by atoms with Crippen LogP contribution in [-0.4, -0.2) is 26.9 Å². The molecular formula is C24H17N5O2. The lowest BCUT2D eigenvalue weighted by atomic mass is 10.1. The SMILES string of the molecule is O=C(N/N=C/c1c[nH]c2ccccc12)c1nn(-c2ccccc2)c(=O)c2ccccc12. The van der Waals surface area contributed by atoms with Crippen LogP contribution in [0.3, 0.4) is 0 Å². The molecule has 0 radical (unpaired) electrons. The molecule has 5 aromatic rings. The van der Waals surface area contributed by atoms with Gasteiger partial charge in [-0.05, 0) is 24.3 Å². The van der Waals surface area contributed by atoms with E-state index in [1.165, 1.54) is 4.68 Å². The fourth-order valence-corrected chi connectivity index (χ4v) is 3.52. The Kier molecular flexibility index (Phi) is 4.61. The Hall–Kier alpha value is -4.52. The molecule has 0 aliphatic carbocycles. The highest BCUT2D eigenvalue weighted by atomic mass is 16.2. The van der Waals surface area contributed by atoms with Gasteiger partial charge in [0.2, 0.25) is 0 Å². The van der Waals surface area contributed by atoms with E-state index in [4.69, 9.17) is 0 Å². The number of nitrogens with zero attached hydrogens (tertiary/aromatic N) is 3. The smallest absolute Gasteiger partial charge is 0.292 e. The Bertz CT molecular complexity index is 1500. The highest BCUT2D eigenvalue weighted by Gasteiger charge is 2.17. The summed E-state index contributed by atoms with van der Waals surface area (Å²) >= 11 is 0. The molecule has 0 saturated carbocycles. The highest BCUT2D eigenvalue weighted by Crippen LogP contribution is 2.17. The van der Waals surface area contributed by atoms with Crippen molar-refractivity contribution in [3.63, 3.8) is 0 Å². The van der Waals surface area contributed by atoms with Gasteiger partial charge in [-0.25, -0.2) is 5.43 Å². The average molecular weight is 407 g/mol. The van der Waals surface area contributed by atoms with Gasteiger partial charge in [-0.3, -0.25) is 9.59 Å². The fourth-order valence-electron chi connectivity index (χ4n) is 3.52. The van der Waals surface area contributed by atoms with Crippen molar-refractivity contribution in [1.82, 2.24) is 20.2 Å². The van der Waals surface area contributed by atoms with Gasteiger partial charge in [-0.2, -0.15) is 14.9 Å². The van der Waals surface area contributed by atoms with E-state index in [1.807, 2.05) is 48.7 Å². The molecule has 0 aliphatic rings. The monoisotopic (exact) mass is 407 g/mol. The maximum absolute atomic E-state index is 12.9. The summed E-state index contributed by atoms with van der Waals surface area (Å²) in [5, 5.41) is 10.3. The van der Waals surface area contributed by atoms with Crippen LogP contribution in [0.4, 0.5) is 0 Å². The van der Waals surface area contributed by atoms with E-state index in [0.29, 0.717) is 16.5 Å². The molecule has 5 rings (SSSR count). The Morgan fingerprint density at radius 3 is 2.39 bits per heavy atom. The first kappa shape index (κ1) is 18.5. The molecule has 2 aromatic heterocycles. The number of fused-ring (bicyclic) bond motifs is 2. The van der Waals surface area contributed by atoms with Gasteiger partial charge in [0.15, 0.2) is 5.69 Å². The first-order chi connectivity index (χ1) is 15.2. The maximum atomic E-state index is 12.9. The standard InChI is InChI=1S/C24H17N5O2/c30-23(27-26-15-16-14-25-21-13-7-6-10-18(16)21)22-19-11-4-5-12-20(19)24(31)29(28-22)17-8-2-1-3-9-17/h1-15,25H,(H,27,30)/b26-15+. The van der Waals surface area contributed by atoms with E-state index in [2.05, 4.69) is 20.6 Å². The Balaban J connectivity index is 1.52. The lowest BCUT2D eigenvalue weighted by Gasteiger charge is -2.10. The van der Waals surface area contributed by atoms with Gasteiger partial charge in [0.25, 0.3) is 11.5 Å². The number of aromatic amines is 1. The molecule has 2 N–H and O–H groups in total. The van der Waals surface area contributed by atoms with Crippen LogP contribution >= 0.6 is 0 Å². The molecule has 7 heteroatoms. The van der Waals surface area contributed by atoms with Crippen molar-refractivity contribution in [3.05, 3.63) is 107 Å². The van der Waals surface area contributed by atoms with Gasteiger partial charge in [0.1, 0.15) is 0 Å². The van der Waals surface area contributed by atoms with Crippen molar-refractivity contribution in [3.8, 4) is 5.69 Å². The van der Waals surface area contributed by atoms with Gasteiger partial charge >= 0.3 is 0 Å². The summed E-state index contributed by atoms with van der Waals surface area (Å²) in [6.07, 6.45) is 3.40. The normalized spacial score (nSPS) is 11.4. The first-order valence-corrected chi connectivity index (χ1v) is 9.69. The topological polar surface area (TPSA) is 92.1 Å². The molecular weight excluding hydrogens is 390 g/mol. The van der Waals surface area contributed by atoms with Crippen molar-refractivity contribution in [2.24, 2.45) is 5.10 Å². The Morgan fingerprint density at radius 2 is 1.58 bits per heavy atom. The molecule has 31 heavy (non-hydrogen) atoms. The second-order valence-corrected chi connectivity index (χ2v) is 6.94. The Morgan fingerprint density at radius 1 is 0.903 bits per heavy atom. The summed E-state index contributed by atoms with van der Waals surface area (Å²) in [7, 11) is 0. The summed E-state index contributed by atoms with van der Waals surface area (Å²) in [5.41, 5.74) is 4.77. The summed E-state index contributed by atoms with van der Waals surface area (Å²) in [6, 6.07) is 23.7. The van der Waals surface area contributed by atoms with Crippen molar-refractivity contribution in [2.45, 2.75) is 0 Å². The molecule has 0 spiro atoms. The summed E-state index contributed by atoms with van der Waals surface area (Å²) in [6.45, 7) is 0. The zero-order valence-corrected chi connectivity index (χ0v) is 16.3. The second-order valence-electron chi connectivity index (χ2n) is 6.94. The first-order valence-electron chi connectivity index (χ1n) is 9.69. The van der Waals surface area contributed by atoms with Crippen molar-refractivity contribution in [1.29, 1.82) is 0 Å². The molecule has 7 nitrogen and oxygen atoms in total. The molecule has 150 valence electrons. The molecule has 0 atom stereocenters. The number of H-pyrrole nitrogens is 1. The van der Waals surface area contributed by atoms with E-state index < -0.39 is 5.91 Å². The second kappa shape index (κ2) is 7.72. The number of para-hydroxylation sites is 2. The fraction of sp³-hybridized carbons (Fsp3) is 0. The summed E-state index contributed by atoms with van der Waals surface area (Å²) in [4.78, 5) is 29.0. The number of nitrogens with one attached hydrogen (secondary N) is 2. The van der Waals surface area contributed by atoms with Gasteiger partial charge in [-0.1, -0.05) is 54.6 Å². The number of hydrogen-bond donors (Lipinski definition) is 2. The van der Waals surface area contributed by atoms with Crippen LogP contribution in [0.15, 0.2) is 95.0 Å². The van der Waals surface area contributed by atoms with Crippen LogP contribution in [0, 0.1) is 0 Å². The number of carbonyl (C=O) groups excluding carboxylic acids is 1. The third-order valence-corrected chi connectivity index (χ3v) is 5.01. The molecule has 1 amide bonds. The number of aromatic nitrogens is 3. The van der Waals surface area contributed by atoms with Crippen LogP contribution in [-0.2, 0) is 0 Å². The zero-order valence-electron chi connectivity index (χ0n) is 16.3. The third-order valence-electron chi connectivity index (χ3n) is 5.01. The number of hydrogen-bond acceptors (Lipinski definition) is 4. The maximum Gasteiger partial charge on any atom is 0.292 e. The van der Waals surface area contributed by atoms with E-state index >= 15 is 0 Å². The van der Waals surface area contributed by atoms with Gasteiger partial charge in [-0.15, -0.1) is 0 Å². The van der Waals surface area contributed by atoms with E-state index in [1.54, 1.807) is 42.6 Å². The lowest BCUT2D eigenvalue weighted by molar-refractivity contribution is 0.0950. The van der Waals surface area contributed by atoms with Gasteiger partial charge in [0.05, 0.1) is 17.3 Å². The van der Waals surface area contributed by atoms with Crippen molar-refractivity contribution in [2.75, 3.05) is 0 Å². The van der Waals surface area contributed by atoms with Crippen molar-refractivity contribution >= 4 is 33.8 Å². The number of amides is 1. The predicted octanol–water partition coefficient (Wildman–Crippen LogP) is 3.63. The molecule has 3 aromatic carbocycles. The van der Waals surface area contributed by atoms with E-state index in [9.17, 15) is 9.59 Å². The number of rotatable bonds is 4. The van der Waals surface area contributed by atoms with Gasteiger partial charge < -0.3 is 4.98 Å². The van der Waals surface area contributed by atoms with Crippen LogP contribution in [0.25, 0.3) is 27.4 Å². The largest absolute Gasteiger partial charge is 0.361 e. The number of benzene rings is 3. The minimum absolute atomic E-state index is 0.120. The molecule has 0 fully saturated rings. The highest BCUT2D eigenvalue weighted by molar-refractivity contribution is 6.05. The third kappa shape index (κ3) is 3.38. The van der Waals surface area contributed by atoms with E-state index in [0.717, 1.165) is 16.5 Å². The molecule has 0 aliphatic heterocycles. The molecule has 0 bridgehead atoms. The van der Waals surface area contributed by atoms with Crippen LogP contribution in [0.5, 0.6) is 0 Å². The zero-order chi connectivity index (χ0) is 21.2. The number of carbonyl (C=O) groups is 1. The predicted molar refractivity (Wildman–Crippen MR) is 121 cm³/mol. The van der Waals surface area contributed by atoms with Crippen LogP contribution < -0.4 is 11.0 Å². The lowest BCUT2D eigenvalue weighted by Crippen LogP contribution is -2.28. The Labute approximate surface area is 176 Å². The average Bonchev–Trinajstić information content (AvgIpc) is 3.23. The van der Waals surface area contributed by atoms with Crippen molar-refractivity contribution < 1.29 is 4.79 Å². The molecule has 0 unspecified atom stereocenters. The summed E-state index contributed by atoms with van der Waals surface area (Å²) in [5.74, 6) is -0.503. The summed E-state index contributed by atoms with van der Waals surface area (Å²) < 4.78 is 1.24. The molecule has 2 heterocycles. The minimum atomic E-state index is -0.503. The van der Waals surface area contributed by atoms with Crippen LogP contribution in [0.1, 0.15) is 16.1 Å². The molecule has 0 saturated heterocycles. The van der Waals surface area contributed by atoms with Gasteiger partial charge in [0, 0.05) is 28.0 Å². The minimum Gasteiger partial charge on any atom is -0.361 e. The number of hydrazone groups is 1.